The molecule has 1 amide bonds. The first kappa shape index (κ1) is 30.8. The predicted octanol–water partition coefficient (Wildman–Crippen LogP) is 7.04. The van der Waals surface area contributed by atoms with Crippen LogP contribution in [0, 0.1) is 11.7 Å². The molecule has 42 heavy (non-hydrogen) atoms. The quantitative estimate of drug-likeness (QED) is 0.315. The van der Waals surface area contributed by atoms with Gasteiger partial charge >= 0.3 is 12.1 Å². The summed E-state index contributed by atoms with van der Waals surface area (Å²) in [5.41, 5.74) is 0.242. The molecular formula is C29H29Cl2F5N2O4. The number of alkyl halides is 4. The molecule has 3 fully saturated rings. The third kappa shape index (κ3) is 6.78. The van der Waals surface area contributed by atoms with Crippen LogP contribution in [0.2, 0.25) is 10.0 Å². The van der Waals surface area contributed by atoms with Crippen LogP contribution in [0.25, 0.3) is 0 Å². The van der Waals surface area contributed by atoms with E-state index in [0.29, 0.717) is 18.4 Å². The first-order valence-electron chi connectivity index (χ1n) is 13.7. The Hall–Kier alpha value is -2.63. The molecule has 2 aromatic rings. The molecule has 2 aliphatic heterocycles. The number of rotatable bonds is 8. The molecule has 228 valence electrons. The molecule has 3 atom stereocenters. The molecule has 0 aromatic heterocycles. The summed E-state index contributed by atoms with van der Waals surface area (Å²) in [5, 5.41) is 9.62. The van der Waals surface area contributed by atoms with Crippen molar-refractivity contribution < 1.29 is 41.4 Å². The number of hydrogen-bond donors (Lipinski definition) is 1. The summed E-state index contributed by atoms with van der Waals surface area (Å²) in [6.45, 7) is 0.0206. The Morgan fingerprint density at radius 3 is 2.24 bits per heavy atom. The highest BCUT2D eigenvalue weighted by Gasteiger charge is 2.46. The third-order valence-electron chi connectivity index (χ3n) is 8.14. The van der Waals surface area contributed by atoms with Crippen LogP contribution in [0.4, 0.5) is 22.0 Å². The molecule has 1 N–H and O–H groups in total. The largest absolute Gasteiger partial charge is 0.493 e. The van der Waals surface area contributed by atoms with Gasteiger partial charge in [-0.2, -0.15) is 13.2 Å². The Bertz CT molecular complexity index is 1330. The van der Waals surface area contributed by atoms with Crippen LogP contribution in [0.5, 0.6) is 5.75 Å². The number of carboxylic acid groups (broad SMARTS) is 1. The summed E-state index contributed by atoms with van der Waals surface area (Å²) in [7, 11) is 0. The van der Waals surface area contributed by atoms with Crippen molar-refractivity contribution in [1.29, 1.82) is 0 Å². The van der Waals surface area contributed by atoms with Gasteiger partial charge < -0.3 is 14.7 Å². The Morgan fingerprint density at radius 1 is 1.02 bits per heavy atom. The van der Waals surface area contributed by atoms with Crippen molar-refractivity contribution in [3.05, 3.63) is 62.9 Å². The second kappa shape index (κ2) is 12.2. The average Bonchev–Trinajstić information content (AvgIpc) is 3.66. The summed E-state index contributed by atoms with van der Waals surface area (Å²) in [6.07, 6.45) is -3.98. The normalized spacial score (nSPS) is 22.8. The number of ether oxygens (including phenoxy) is 1. The van der Waals surface area contributed by atoms with Crippen molar-refractivity contribution in [3.8, 4) is 5.75 Å². The second-order valence-corrected chi connectivity index (χ2v) is 12.1. The zero-order valence-corrected chi connectivity index (χ0v) is 23.9. The van der Waals surface area contributed by atoms with Gasteiger partial charge in [0.25, 0.3) is 5.91 Å². The Labute approximate surface area is 249 Å². The summed E-state index contributed by atoms with van der Waals surface area (Å²) >= 11 is 11.9. The van der Waals surface area contributed by atoms with Gasteiger partial charge in [0.2, 0.25) is 0 Å². The number of aliphatic carboxylic acids is 1. The van der Waals surface area contributed by atoms with Gasteiger partial charge in [0, 0.05) is 22.5 Å². The summed E-state index contributed by atoms with van der Waals surface area (Å²) in [5.74, 6) is -2.95. The topological polar surface area (TPSA) is 70.1 Å². The highest BCUT2D eigenvalue weighted by atomic mass is 35.5. The molecule has 6 nitrogen and oxygen atoms in total. The minimum Gasteiger partial charge on any atom is -0.493 e. The predicted molar refractivity (Wildman–Crippen MR) is 145 cm³/mol. The molecule has 0 spiro atoms. The number of hydrogen-bond acceptors (Lipinski definition) is 4. The number of carboxylic acids is 1. The fourth-order valence-electron chi connectivity index (χ4n) is 5.90. The van der Waals surface area contributed by atoms with Gasteiger partial charge in [0.05, 0.1) is 18.7 Å². The van der Waals surface area contributed by atoms with Crippen LogP contribution in [-0.4, -0.2) is 71.4 Å². The van der Waals surface area contributed by atoms with Gasteiger partial charge in [-0.25, -0.2) is 13.6 Å². The lowest BCUT2D eigenvalue weighted by Crippen LogP contribution is -2.43. The number of carbonyl (C=O) groups is 2. The van der Waals surface area contributed by atoms with Crippen molar-refractivity contribution >= 4 is 35.1 Å². The Morgan fingerprint density at radius 2 is 1.67 bits per heavy atom. The highest BCUT2D eigenvalue weighted by Crippen LogP contribution is 2.46. The van der Waals surface area contributed by atoms with Crippen LogP contribution in [0.15, 0.2) is 30.3 Å². The van der Waals surface area contributed by atoms with Crippen molar-refractivity contribution in [2.45, 2.75) is 62.5 Å². The van der Waals surface area contributed by atoms with E-state index in [-0.39, 0.29) is 64.9 Å². The number of likely N-dealkylation sites (tertiary alicyclic amines) is 2. The van der Waals surface area contributed by atoms with E-state index in [0.717, 1.165) is 23.8 Å². The van der Waals surface area contributed by atoms with Crippen LogP contribution in [0.3, 0.4) is 0 Å². The van der Waals surface area contributed by atoms with Gasteiger partial charge in [-0.3, -0.25) is 9.69 Å². The third-order valence-corrected chi connectivity index (χ3v) is 8.58. The molecule has 2 saturated heterocycles. The molecule has 2 heterocycles. The number of amides is 1. The molecule has 1 aliphatic carbocycles. The van der Waals surface area contributed by atoms with E-state index in [1.807, 2.05) is 0 Å². The van der Waals surface area contributed by atoms with Gasteiger partial charge in [0.15, 0.2) is 0 Å². The van der Waals surface area contributed by atoms with E-state index in [2.05, 4.69) is 0 Å². The SMILES string of the molecule is O=C(O)[C@@H]1C[C@@H](F)CN1C(=O)c1cc(C2CC2)c(OCC2CCN([C@@H](c3cc(Cl)cc(Cl)c3)C(F)(F)F)CC2)cc1F. The van der Waals surface area contributed by atoms with Gasteiger partial charge in [0.1, 0.15) is 29.8 Å². The van der Waals surface area contributed by atoms with E-state index >= 15 is 4.39 Å². The minimum atomic E-state index is -4.54. The van der Waals surface area contributed by atoms with Gasteiger partial charge in [-0.1, -0.05) is 23.2 Å². The van der Waals surface area contributed by atoms with Crippen LogP contribution >= 0.6 is 23.2 Å². The lowest BCUT2D eigenvalue weighted by Gasteiger charge is -2.38. The standard InChI is InChI=1S/C29H29Cl2F5N2O4/c30-18-7-17(8-19(31)9-18)26(29(34,35)36)37-5-3-15(4-6-37)14-42-25-12-23(33)22(11-21(25)16-1-2-16)27(39)38-13-20(32)10-24(38)28(40)41/h7-9,11-12,15-16,20,24,26H,1-6,10,13-14H2,(H,40,41)/t20-,24+,26+/m1/s1. The van der Waals surface area contributed by atoms with Crippen molar-refractivity contribution in [3.63, 3.8) is 0 Å². The number of piperidine rings is 1. The number of halogens is 7. The molecule has 0 unspecified atom stereocenters. The van der Waals surface area contributed by atoms with Crippen molar-refractivity contribution in [2.24, 2.45) is 5.92 Å². The molecule has 0 bridgehead atoms. The van der Waals surface area contributed by atoms with Gasteiger partial charge in [-0.05, 0) is 86.0 Å². The summed E-state index contributed by atoms with van der Waals surface area (Å²) in [6, 6.07) is 3.14. The molecular weight excluding hydrogens is 606 g/mol. The van der Waals surface area contributed by atoms with E-state index in [9.17, 15) is 32.3 Å². The number of benzene rings is 2. The van der Waals surface area contributed by atoms with E-state index in [1.165, 1.54) is 29.2 Å². The minimum absolute atomic E-state index is 0.0282. The molecule has 5 rings (SSSR count). The van der Waals surface area contributed by atoms with E-state index in [1.54, 1.807) is 0 Å². The summed E-state index contributed by atoms with van der Waals surface area (Å²) in [4.78, 5) is 26.8. The number of nitrogens with zero attached hydrogens (tertiary/aromatic N) is 2. The summed E-state index contributed by atoms with van der Waals surface area (Å²) < 4.78 is 77.4. The van der Waals surface area contributed by atoms with Crippen LogP contribution < -0.4 is 4.74 Å². The maximum Gasteiger partial charge on any atom is 0.408 e. The number of carbonyl (C=O) groups excluding carboxylic acids is 1. The van der Waals surface area contributed by atoms with Crippen molar-refractivity contribution in [2.75, 3.05) is 26.2 Å². The van der Waals surface area contributed by atoms with E-state index < -0.39 is 48.7 Å². The first-order chi connectivity index (χ1) is 19.8. The Kier molecular flexibility index (Phi) is 8.93. The monoisotopic (exact) mass is 634 g/mol. The van der Waals surface area contributed by atoms with Crippen molar-refractivity contribution in [1.82, 2.24) is 9.80 Å². The van der Waals surface area contributed by atoms with Crippen LogP contribution in [0.1, 0.15) is 65.5 Å². The lowest BCUT2D eigenvalue weighted by molar-refractivity contribution is -0.190. The fraction of sp³-hybridized carbons (Fsp3) is 0.517. The lowest BCUT2D eigenvalue weighted by atomic mass is 9.94. The van der Waals surface area contributed by atoms with Gasteiger partial charge in [-0.15, -0.1) is 0 Å². The zero-order valence-electron chi connectivity index (χ0n) is 22.3. The smallest absolute Gasteiger partial charge is 0.408 e. The van der Waals surface area contributed by atoms with Crippen LogP contribution in [-0.2, 0) is 4.79 Å². The second-order valence-electron chi connectivity index (χ2n) is 11.2. The molecule has 0 radical (unpaired) electrons. The average molecular weight is 635 g/mol. The van der Waals surface area contributed by atoms with E-state index in [4.69, 9.17) is 27.9 Å². The zero-order chi connectivity index (χ0) is 30.3. The fourth-order valence-corrected chi connectivity index (χ4v) is 6.44. The Balaban J connectivity index is 1.26. The molecule has 13 heteroatoms. The highest BCUT2D eigenvalue weighted by molar-refractivity contribution is 6.34. The molecule has 3 aliphatic rings. The maximum atomic E-state index is 15.2. The molecule has 1 saturated carbocycles. The maximum absolute atomic E-state index is 15.2. The first-order valence-corrected chi connectivity index (χ1v) is 14.5. The molecule has 2 aromatic carbocycles.